The fraction of sp³-hybridized carbons (Fsp3) is 0.409. The van der Waals surface area contributed by atoms with Crippen molar-refractivity contribution < 1.29 is 27.4 Å². The zero-order chi connectivity index (χ0) is 21.7. The van der Waals surface area contributed by atoms with Gasteiger partial charge < -0.3 is 14.2 Å². The molecule has 0 N–H and O–H groups in total. The Labute approximate surface area is 177 Å². The molecule has 2 aromatic carbocycles. The molecule has 0 aliphatic carbocycles. The van der Waals surface area contributed by atoms with E-state index in [0.717, 1.165) is 21.2 Å². The summed E-state index contributed by atoms with van der Waals surface area (Å²) in [5.74, 6) is 0.0499. The number of ether oxygens (including phenoxy) is 3. The Morgan fingerprint density at radius 2 is 1.53 bits per heavy atom. The Morgan fingerprint density at radius 1 is 1.00 bits per heavy atom. The lowest BCUT2D eigenvalue weighted by Gasteiger charge is -2.33. The van der Waals surface area contributed by atoms with Crippen LogP contribution >= 0.6 is 0 Å². The maximum Gasteiger partial charge on any atom is 0.324 e. The molecule has 1 aliphatic rings. The first kappa shape index (κ1) is 22.3. The Kier molecular flexibility index (Phi) is 7.12. The maximum absolute atomic E-state index is 13.2. The molecule has 0 aromatic heterocycles. The van der Waals surface area contributed by atoms with Crippen molar-refractivity contribution >= 4 is 16.0 Å². The minimum absolute atomic E-state index is 0.128. The Bertz CT molecular complexity index is 950. The van der Waals surface area contributed by atoms with Crippen molar-refractivity contribution in [1.82, 2.24) is 4.31 Å². The molecule has 1 atom stereocenters. The van der Waals surface area contributed by atoms with E-state index in [2.05, 4.69) is 0 Å². The number of carbonyl (C=O) groups is 1. The largest absolute Gasteiger partial charge is 0.497 e. The van der Waals surface area contributed by atoms with Crippen LogP contribution in [0.25, 0.3) is 11.1 Å². The van der Waals surface area contributed by atoms with Crippen LogP contribution in [0.3, 0.4) is 0 Å². The van der Waals surface area contributed by atoms with Crippen LogP contribution in [0.2, 0.25) is 0 Å². The summed E-state index contributed by atoms with van der Waals surface area (Å²) in [5, 5.41) is 0. The number of hydrogen-bond donors (Lipinski definition) is 0. The summed E-state index contributed by atoms with van der Waals surface area (Å²) in [5.41, 5.74) is 1.83. The third-order valence-electron chi connectivity index (χ3n) is 5.50. The molecule has 0 bridgehead atoms. The lowest BCUT2D eigenvalue weighted by Crippen LogP contribution is -2.49. The Hall–Kier alpha value is -2.42. The highest BCUT2D eigenvalue weighted by Gasteiger charge is 2.39. The quantitative estimate of drug-likeness (QED) is 0.625. The molecule has 1 unspecified atom stereocenters. The molecule has 2 aromatic rings. The molecule has 7 nitrogen and oxygen atoms in total. The Morgan fingerprint density at radius 3 is 2.03 bits per heavy atom. The summed E-state index contributed by atoms with van der Waals surface area (Å²) in [7, 11) is 0.435. The van der Waals surface area contributed by atoms with E-state index in [1.54, 1.807) is 31.4 Å². The molecule has 0 amide bonds. The Balaban J connectivity index is 1.85. The molecule has 0 spiro atoms. The number of carbonyl (C=O) groups excluding carboxylic acids is 1. The number of esters is 1. The van der Waals surface area contributed by atoms with E-state index in [-0.39, 0.29) is 10.8 Å². The van der Waals surface area contributed by atoms with E-state index >= 15 is 0 Å². The van der Waals surface area contributed by atoms with E-state index in [9.17, 15) is 13.2 Å². The van der Waals surface area contributed by atoms with Crippen LogP contribution in [-0.4, -0.2) is 59.2 Å². The number of methoxy groups -OCH3 is 2. The molecule has 1 aliphatic heterocycles. The van der Waals surface area contributed by atoms with Crippen molar-refractivity contribution in [3.63, 3.8) is 0 Å². The maximum atomic E-state index is 13.2. The second-order valence-corrected chi connectivity index (χ2v) is 9.19. The van der Waals surface area contributed by atoms with E-state index in [0.29, 0.717) is 26.1 Å². The van der Waals surface area contributed by atoms with Crippen LogP contribution in [0.5, 0.6) is 5.75 Å². The monoisotopic (exact) mass is 433 g/mol. The van der Waals surface area contributed by atoms with Gasteiger partial charge in [-0.1, -0.05) is 24.3 Å². The summed E-state index contributed by atoms with van der Waals surface area (Å²) in [6.07, 6.45) is 1.21. The normalized spacial score (nSPS) is 16.3. The smallest absolute Gasteiger partial charge is 0.324 e. The molecular weight excluding hydrogens is 406 g/mol. The molecular formula is C22H27NO6S. The van der Waals surface area contributed by atoms with Crippen molar-refractivity contribution in [2.24, 2.45) is 5.92 Å². The number of hydrogen-bond acceptors (Lipinski definition) is 6. The van der Waals surface area contributed by atoms with Gasteiger partial charge in [0.05, 0.1) is 19.1 Å². The number of likely N-dealkylation sites (N-methyl/N-ethyl adjacent to an activating group) is 1. The van der Waals surface area contributed by atoms with Crippen LogP contribution in [-0.2, 0) is 24.3 Å². The van der Waals surface area contributed by atoms with Crippen molar-refractivity contribution in [3.8, 4) is 16.9 Å². The molecule has 3 rings (SSSR count). The molecule has 1 saturated heterocycles. The van der Waals surface area contributed by atoms with Gasteiger partial charge in [-0.05, 0) is 54.2 Å². The van der Waals surface area contributed by atoms with E-state index < -0.39 is 22.0 Å². The number of sulfonamides is 1. The van der Waals surface area contributed by atoms with Gasteiger partial charge >= 0.3 is 5.97 Å². The highest BCUT2D eigenvalue weighted by molar-refractivity contribution is 7.89. The number of rotatable bonds is 7. The van der Waals surface area contributed by atoms with Gasteiger partial charge in [-0.15, -0.1) is 0 Å². The molecule has 30 heavy (non-hydrogen) atoms. The van der Waals surface area contributed by atoms with Gasteiger partial charge in [0.15, 0.2) is 0 Å². The van der Waals surface area contributed by atoms with Crippen molar-refractivity contribution in [2.75, 3.05) is 34.5 Å². The second-order valence-electron chi connectivity index (χ2n) is 7.19. The van der Waals surface area contributed by atoms with Gasteiger partial charge in [-0.3, -0.25) is 4.79 Å². The minimum Gasteiger partial charge on any atom is -0.497 e. The van der Waals surface area contributed by atoms with Gasteiger partial charge in [0.2, 0.25) is 10.0 Å². The average Bonchev–Trinajstić information content (AvgIpc) is 2.80. The van der Waals surface area contributed by atoms with Gasteiger partial charge in [0.1, 0.15) is 11.8 Å². The predicted octanol–water partition coefficient (Wildman–Crippen LogP) is 2.95. The summed E-state index contributed by atoms with van der Waals surface area (Å²) >= 11 is 0. The van der Waals surface area contributed by atoms with Crippen molar-refractivity contribution in [1.29, 1.82) is 0 Å². The van der Waals surface area contributed by atoms with Gasteiger partial charge in [0, 0.05) is 20.3 Å². The SMILES string of the molecule is COC(=O)C(C1CCOCC1)N(C)S(=O)(=O)c1ccc(-c2ccc(OC)cc2)cc1. The first-order valence-corrected chi connectivity index (χ1v) is 11.2. The van der Waals surface area contributed by atoms with Crippen LogP contribution in [0, 0.1) is 5.92 Å². The summed E-state index contributed by atoms with van der Waals surface area (Å²) in [6.45, 7) is 1.01. The molecule has 0 radical (unpaired) electrons. The molecule has 0 saturated carbocycles. The van der Waals surface area contributed by atoms with E-state index in [1.165, 1.54) is 14.2 Å². The van der Waals surface area contributed by atoms with E-state index in [1.807, 2.05) is 24.3 Å². The predicted molar refractivity (Wildman–Crippen MR) is 113 cm³/mol. The second kappa shape index (κ2) is 9.59. The van der Waals surface area contributed by atoms with Crippen LogP contribution in [0.15, 0.2) is 53.4 Å². The number of nitrogens with zero attached hydrogens (tertiary/aromatic N) is 1. The lowest BCUT2D eigenvalue weighted by molar-refractivity contribution is -0.147. The summed E-state index contributed by atoms with van der Waals surface area (Å²) in [4.78, 5) is 12.6. The first-order valence-electron chi connectivity index (χ1n) is 9.76. The summed E-state index contributed by atoms with van der Waals surface area (Å²) < 4.78 is 43.1. The topological polar surface area (TPSA) is 82.1 Å². The average molecular weight is 434 g/mol. The van der Waals surface area contributed by atoms with E-state index in [4.69, 9.17) is 14.2 Å². The number of benzene rings is 2. The van der Waals surface area contributed by atoms with Crippen LogP contribution in [0.1, 0.15) is 12.8 Å². The minimum atomic E-state index is -3.88. The highest BCUT2D eigenvalue weighted by atomic mass is 32.2. The third kappa shape index (κ3) is 4.66. The van der Waals surface area contributed by atoms with Gasteiger partial charge in [0.25, 0.3) is 0 Å². The van der Waals surface area contributed by atoms with Crippen LogP contribution in [0.4, 0.5) is 0 Å². The molecule has 162 valence electrons. The molecule has 1 fully saturated rings. The fourth-order valence-electron chi connectivity index (χ4n) is 3.71. The molecule has 1 heterocycles. The zero-order valence-corrected chi connectivity index (χ0v) is 18.2. The third-order valence-corrected chi connectivity index (χ3v) is 7.35. The zero-order valence-electron chi connectivity index (χ0n) is 17.4. The van der Waals surface area contributed by atoms with Crippen LogP contribution < -0.4 is 4.74 Å². The van der Waals surface area contributed by atoms with Gasteiger partial charge in [-0.25, -0.2) is 8.42 Å². The summed E-state index contributed by atoms with van der Waals surface area (Å²) in [6, 6.07) is 13.3. The van der Waals surface area contributed by atoms with Gasteiger partial charge in [-0.2, -0.15) is 4.31 Å². The first-order chi connectivity index (χ1) is 14.4. The molecule has 8 heteroatoms. The lowest BCUT2D eigenvalue weighted by atomic mass is 9.92. The fourth-order valence-corrected chi connectivity index (χ4v) is 5.08. The van der Waals surface area contributed by atoms with Crippen molar-refractivity contribution in [3.05, 3.63) is 48.5 Å². The highest BCUT2D eigenvalue weighted by Crippen LogP contribution is 2.29. The standard InChI is InChI=1S/C22H27NO6S/c1-23(21(22(24)28-3)18-12-14-29-15-13-18)30(25,26)20-10-6-17(7-11-20)16-4-8-19(27-2)9-5-16/h4-11,18,21H,12-15H2,1-3H3. The van der Waals surface area contributed by atoms with Crippen molar-refractivity contribution in [2.45, 2.75) is 23.8 Å².